The van der Waals surface area contributed by atoms with Gasteiger partial charge in [0.25, 0.3) is 0 Å². The van der Waals surface area contributed by atoms with E-state index in [1.807, 2.05) is 18.2 Å². The molecule has 1 aliphatic rings. The maximum atomic E-state index is 6.78. The molecule has 0 spiro atoms. The normalized spacial score (nSPS) is 25.2. The molecule has 0 unspecified atom stereocenters. The molecule has 4 nitrogen and oxygen atoms in total. The van der Waals surface area contributed by atoms with E-state index in [0.717, 1.165) is 26.5 Å². The number of nitrogens with two attached hydrogens (primary N) is 1. The Labute approximate surface area is 172 Å². The van der Waals surface area contributed by atoms with Gasteiger partial charge in [-0.3, -0.25) is 0 Å². The van der Waals surface area contributed by atoms with Gasteiger partial charge >= 0.3 is 0 Å². The smallest absolute Gasteiger partial charge is 0.131 e. The third-order valence-electron chi connectivity index (χ3n) is 5.22. The number of furan rings is 1. The Kier molecular flexibility index (Phi) is 5.21. The third kappa shape index (κ3) is 3.49. The van der Waals surface area contributed by atoms with E-state index >= 15 is 0 Å². The van der Waals surface area contributed by atoms with Crippen LogP contribution in [0.2, 0.25) is 10.2 Å². The van der Waals surface area contributed by atoms with Gasteiger partial charge in [-0.05, 0) is 24.0 Å². The van der Waals surface area contributed by atoms with E-state index in [1.165, 1.54) is 0 Å². The van der Waals surface area contributed by atoms with Gasteiger partial charge in [0.05, 0.1) is 28.2 Å². The standard InChI is InChI=1S/C20H21Cl2N3OS/c1-10-5-6-11(2)17(23)15(10)20-16(22)18-19(27-20)13(8-14(21)25-18)24-9-12-4-3-7-26-12/h3-8,10-11,15,17H,9,23H2,1-2H3,(H,24,25)/t10-,11+,15+,17+/m1/s1. The zero-order chi connectivity index (χ0) is 19.1. The highest BCUT2D eigenvalue weighted by Gasteiger charge is 2.34. The Morgan fingerprint density at radius 3 is 2.78 bits per heavy atom. The summed E-state index contributed by atoms with van der Waals surface area (Å²) in [6.45, 7) is 4.89. The van der Waals surface area contributed by atoms with Crippen molar-refractivity contribution in [1.29, 1.82) is 0 Å². The van der Waals surface area contributed by atoms with Crippen molar-refractivity contribution in [3.05, 3.63) is 57.4 Å². The predicted octanol–water partition coefficient (Wildman–Crippen LogP) is 6.06. The quantitative estimate of drug-likeness (QED) is 0.396. The maximum Gasteiger partial charge on any atom is 0.131 e. The van der Waals surface area contributed by atoms with Crippen LogP contribution in [-0.4, -0.2) is 11.0 Å². The Hall–Kier alpha value is -1.53. The predicted molar refractivity (Wildman–Crippen MR) is 114 cm³/mol. The number of nitrogens with one attached hydrogen (secondary N) is 1. The molecule has 0 fully saturated rings. The van der Waals surface area contributed by atoms with E-state index < -0.39 is 0 Å². The minimum Gasteiger partial charge on any atom is -0.467 e. The first-order chi connectivity index (χ1) is 13.0. The van der Waals surface area contributed by atoms with Crippen molar-refractivity contribution in [2.45, 2.75) is 32.4 Å². The first-order valence-electron chi connectivity index (χ1n) is 8.94. The van der Waals surface area contributed by atoms with Crippen LogP contribution in [-0.2, 0) is 6.54 Å². The van der Waals surface area contributed by atoms with Gasteiger partial charge in [-0.2, -0.15) is 0 Å². The summed E-state index contributed by atoms with van der Waals surface area (Å²) in [4.78, 5) is 5.57. The lowest BCUT2D eigenvalue weighted by atomic mass is 9.76. The number of anilines is 1. The lowest BCUT2D eigenvalue weighted by Gasteiger charge is -2.34. The summed E-state index contributed by atoms with van der Waals surface area (Å²) in [5, 5.41) is 4.46. The molecule has 0 radical (unpaired) electrons. The molecule has 0 aliphatic heterocycles. The number of thiophene rings is 1. The summed E-state index contributed by atoms with van der Waals surface area (Å²) < 4.78 is 6.40. The molecule has 27 heavy (non-hydrogen) atoms. The second-order valence-corrected chi connectivity index (χ2v) is 8.91. The number of hydrogen-bond acceptors (Lipinski definition) is 5. The molecule has 4 atom stereocenters. The number of nitrogens with zero attached hydrogens (tertiary/aromatic N) is 1. The van der Waals surface area contributed by atoms with E-state index in [2.05, 4.69) is 36.3 Å². The molecule has 0 bridgehead atoms. The Bertz CT molecular complexity index is 983. The number of aromatic nitrogens is 1. The molecule has 0 saturated heterocycles. The molecular weight excluding hydrogens is 401 g/mol. The summed E-state index contributed by atoms with van der Waals surface area (Å²) >= 11 is 14.7. The lowest BCUT2D eigenvalue weighted by Crippen LogP contribution is -2.39. The van der Waals surface area contributed by atoms with Crippen LogP contribution in [0.3, 0.4) is 0 Å². The molecule has 142 valence electrons. The SMILES string of the molecule is C[C@@H]1C=C[C@H](C)[C@H](N)[C@H]1c1sc2c(NCc3ccco3)cc(Cl)nc2c1Cl. The van der Waals surface area contributed by atoms with Gasteiger partial charge < -0.3 is 15.5 Å². The number of halogens is 2. The second kappa shape index (κ2) is 7.47. The van der Waals surface area contributed by atoms with Crippen LogP contribution < -0.4 is 11.1 Å². The van der Waals surface area contributed by atoms with Crippen molar-refractivity contribution < 1.29 is 4.42 Å². The topological polar surface area (TPSA) is 64.1 Å². The fraction of sp³-hybridized carbons (Fsp3) is 0.350. The van der Waals surface area contributed by atoms with Crippen molar-refractivity contribution in [2.24, 2.45) is 17.6 Å². The average molecular weight is 422 g/mol. The van der Waals surface area contributed by atoms with Crippen molar-refractivity contribution in [3.63, 3.8) is 0 Å². The van der Waals surface area contributed by atoms with Gasteiger partial charge in [-0.1, -0.05) is 49.2 Å². The van der Waals surface area contributed by atoms with Crippen LogP contribution in [0.5, 0.6) is 0 Å². The van der Waals surface area contributed by atoms with E-state index in [4.69, 9.17) is 33.4 Å². The largest absolute Gasteiger partial charge is 0.467 e. The highest BCUT2D eigenvalue weighted by Crippen LogP contribution is 2.47. The summed E-state index contributed by atoms with van der Waals surface area (Å²) in [5.41, 5.74) is 8.18. The fourth-order valence-electron chi connectivity index (χ4n) is 3.66. The molecule has 0 amide bonds. The molecule has 3 N–H and O–H groups in total. The van der Waals surface area contributed by atoms with E-state index in [1.54, 1.807) is 17.6 Å². The Morgan fingerprint density at radius 1 is 1.26 bits per heavy atom. The Morgan fingerprint density at radius 2 is 2.04 bits per heavy atom. The molecule has 0 saturated carbocycles. The van der Waals surface area contributed by atoms with E-state index in [9.17, 15) is 0 Å². The first-order valence-corrected chi connectivity index (χ1v) is 10.5. The highest BCUT2D eigenvalue weighted by molar-refractivity contribution is 7.20. The number of fused-ring (bicyclic) bond motifs is 1. The van der Waals surface area contributed by atoms with Crippen LogP contribution in [0.4, 0.5) is 5.69 Å². The van der Waals surface area contributed by atoms with Crippen molar-refractivity contribution in [1.82, 2.24) is 4.98 Å². The van der Waals surface area contributed by atoms with Gasteiger partial charge in [0.2, 0.25) is 0 Å². The van der Waals surface area contributed by atoms with Gasteiger partial charge in [0.15, 0.2) is 0 Å². The average Bonchev–Trinajstić information content (AvgIpc) is 3.26. The molecule has 0 aromatic carbocycles. The van der Waals surface area contributed by atoms with Crippen LogP contribution in [0.1, 0.15) is 30.4 Å². The molecule has 7 heteroatoms. The van der Waals surface area contributed by atoms with E-state index in [0.29, 0.717) is 28.6 Å². The molecular formula is C20H21Cl2N3OS. The number of rotatable bonds is 4. The van der Waals surface area contributed by atoms with Gasteiger partial charge in [-0.15, -0.1) is 11.3 Å². The number of hydrogen-bond donors (Lipinski definition) is 2. The maximum absolute atomic E-state index is 6.78. The summed E-state index contributed by atoms with van der Waals surface area (Å²) in [7, 11) is 0. The highest BCUT2D eigenvalue weighted by atomic mass is 35.5. The number of pyridine rings is 1. The molecule has 3 aromatic heterocycles. The van der Waals surface area contributed by atoms with Crippen molar-refractivity contribution in [3.8, 4) is 0 Å². The minimum atomic E-state index is 0.0190. The van der Waals surface area contributed by atoms with Gasteiger partial charge in [-0.25, -0.2) is 4.98 Å². The summed E-state index contributed by atoms with van der Waals surface area (Å²) in [6, 6.07) is 5.64. The lowest BCUT2D eigenvalue weighted by molar-refractivity contribution is 0.371. The van der Waals surface area contributed by atoms with Gasteiger partial charge in [0.1, 0.15) is 16.4 Å². The van der Waals surface area contributed by atoms with Crippen LogP contribution >= 0.6 is 34.5 Å². The van der Waals surface area contributed by atoms with E-state index in [-0.39, 0.29) is 12.0 Å². The molecule has 1 aliphatic carbocycles. The zero-order valence-electron chi connectivity index (χ0n) is 15.1. The molecule has 4 rings (SSSR count). The van der Waals surface area contributed by atoms with Crippen molar-refractivity contribution >= 4 is 50.4 Å². The van der Waals surface area contributed by atoms with Crippen molar-refractivity contribution in [2.75, 3.05) is 5.32 Å². The van der Waals surface area contributed by atoms with Crippen LogP contribution in [0.25, 0.3) is 10.2 Å². The fourth-order valence-corrected chi connectivity index (χ4v) is 5.68. The zero-order valence-corrected chi connectivity index (χ0v) is 17.4. The molecule has 3 aromatic rings. The summed E-state index contributed by atoms with van der Waals surface area (Å²) in [5.74, 6) is 1.63. The van der Waals surface area contributed by atoms with Gasteiger partial charge in [0, 0.05) is 22.9 Å². The second-order valence-electron chi connectivity index (χ2n) is 7.09. The number of allylic oxidation sites excluding steroid dienone is 1. The first kappa shape index (κ1) is 18.8. The minimum absolute atomic E-state index is 0.0190. The monoisotopic (exact) mass is 421 g/mol. The van der Waals surface area contributed by atoms with Crippen LogP contribution in [0, 0.1) is 11.8 Å². The van der Waals surface area contributed by atoms with Crippen LogP contribution in [0.15, 0.2) is 41.0 Å². The molecule has 3 heterocycles. The Balaban J connectivity index is 1.76. The summed E-state index contributed by atoms with van der Waals surface area (Å²) in [6.07, 6.45) is 6.08. The third-order valence-corrected chi connectivity index (χ3v) is 7.22.